The van der Waals surface area contributed by atoms with Crippen molar-refractivity contribution in [2.45, 2.75) is 129 Å². The Morgan fingerprint density at radius 3 is 1.77 bits per heavy atom. The Morgan fingerprint density at radius 2 is 1.21 bits per heavy atom. The van der Waals surface area contributed by atoms with Crippen LogP contribution in [0.15, 0.2) is 95.6 Å². The van der Waals surface area contributed by atoms with Crippen LogP contribution in [0.2, 0.25) is 0 Å². The number of hydrogen-bond acceptors (Lipinski definition) is 28. The van der Waals surface area contributed by atoms with Crippen molar-refractivity contribution in [1.29, 1.82) is 0 Å². The molecule has 9 rings (SSSR count). The maximum Gasteiger partial charge on any atom is 0.737 e. The van der Waals surface area contributed by atoms with Crippen LogP contribution in [0.5, 0.6) is 5.75 Å². The molecule has 0 bridgehead atoms. The summed E-state index contributed by atoms with van der Waals surface area (Å²) in [6.45, 7) is 14.2. The lowest BCUT2D eigenvalue weighted by atomic mass is 9.75. The van der Waals surface area contributed by atoms with Gasteiger partial charge in [-0.3, -0.25) is 14.4 Å². The highest BCUT2D eigenvalue weighted by atomic mass is 19.2. The first kappa shape index (κ1) is 84.9. The summed E-state index contributed by atoms with van der Waals surface area (Å²) in [4.78, 5) is 64.1. The van der Waals surface area contributed by atoms with Gasteiger partial charge in [-0.1, -0.05) is 28.6 Å². The van der Waals surface area contributed by atoms with Gasteiger partial charge in [0, 0.05) is 55.6 Å². The number of carbonyl (C=O) groups excluding carboxylic acids is 5. The summed E-state index contributed by atoms with van der Waals surface area (Å²) in [5.41, 5.74) is -1.69. The third kappa shape index (κ3) is 23.7. The van der Waals surface area contributed by atoms with Crippen molar-refractivity contribution in [3.63, 3.8) is 0 Å². The lowest BCUT2D eigenvalue weighted by Gasteiger charge is -2.41. The third-order valence-corrected chi connectivity index (χ3v) is 18.8. The van der Waals surface area contributed by atoms with Crippen molar-refractivity contribution in [2.24, 2.45) is 5.92 Å². The normalized spacial score (nSPS) is 21.9. The van der Waals surface area contributed by atoms with Gasteiger partial charge in [-0.05, 0) is 88.2 Å². The van der Waals surface area contributed by atoms with Gasteiger partial charge in [-0.2, -0.15) is 0 Å². The molecule has 4 aromatic rings. The van der Waals surface area contributed by atoms with E-state index in [0.717, 1.165) is 27.0 Å². The number of esters is 4. The monoisotopic (exact) mass is 1540 g/mol. The van der Waals surface area contributed by atoms with E-state index >= 15 is 8.63 Å². The predicted octanol–water partition coefficient (Wildman–Crippen LogP) is 3.45. The minimum Gasteiger partial charge on any atom is -0.487 e. The molecular weight excluding hydrogens is 1440 g/mol. The molecule has 1 saturated heterocycles. The van der Waals surface area contributed by atoms with Gasteiger partial charge in [0.05, 0.1) is 196 Å². The Kier molecular flexibility index (Phi) is 33.0. The van der Waals surface area contributed by atoms with Crippen molar-refractivity contribution >= 4 is 48.5 Å². The lowest BCUT2D eigenvalue weighted by Crippen LogP contribution is -2.64. The third-order valence-electron chi connectivity index (χ3n) is 18.8. The smallest absolute Gasteiger partial charge is 0.487 e. The Labute approximate surface area is 630 Å². The first-order chi connectivity index (χ1) is 52.6. The second-order valence-corrected chi connectivity index (χ2v) is 26.5. The molecule has 2 aliphatic carbocycles. The number of nitrogens with zero attached hydrogens (tertiary/aromatic N) is 8. The topological polar surface area (TPSA) is 364 Å². The quantitative estimate of drug-likeness (QED) is 0.0142. The fourth-order valence-corrected chi connectivity index (χ4v) is 13.0. The molecule has 1 aromatic carbocycles. The Morgan fingerprint density at radius 1 is 0.688 bits per heavy atom. The number of allylic oxidation sites excluding steroid dienone is 3. The first-order valence-corrected chi connectivity index (χ1v) is 36.7. The van der Waals surface area contributed by atoms with E-state index < -0.39 is 71.9 Å². The van der Waals surface area contributed by atoms with E-state index in [2.05, 4.69) is 25.9 Å². The molecule has 0 unspecified atom stereocenters. The van der Waals surface area contributed by atoms with Gasteiger partial charge in [0.2, 0.25) is 5.91 Å². The minimum absolute atomic E-state index is 0.0801. The number of halogens is 2. The molecule has 33 nitrogen and oxygen atoms in total. The lowest BCUT2D eigenvalue weighted by molar-refractivity contribution is -0.356. The molecular formula is C73H102BF2N9O24. The fraction of sp³-hybridized carbons (Fsp3) is 0.616. The number of nitrogens with one attached hydrogen (secondary N) is 1. The number of benzene rings is 1. The van der Waals surface area contributed by atoms with Gasteiger partial charge in [0.1, 0.15) is 47.8 Å². The van der Waals surface area contributed by atoms with E-state index in [9.17, 15) is 34.2 Å². The molecule has 600 valence electrons. The molecule has 3 aromatic heterocycles. The number of aliphatic hydroxyl groups is 2. The summed E-state index contributed by atoms with van der Waals surface area (Å²) in [6.07, 6.45) is 7.09. The molecule has 6 heterocycles. The van der Waals surface area contributed by atoms with Gasteiger partial charge in [-0.15, -0.1) is 10.2 Å². The van der Waals surface area contributed by atoms with Gasteiger partial charge < -0.3 is 114 Å². The second kappa shape index (κ2) is 42.4. The van der Waals surface area contributed by atoms with Crippen molar-refractivity contribution in [1.82, 2.24) is 39.8 Å². The first-order valence-electron chi connectivity index (χ1n) is 36.7. The van der Waals surface area contributed by atoms with E-state index in [-0.39, 0.29) is 77.8 Å². The Balaban J connectivity index is 0.481. The molecule has 2 fully saturated rings. The van der Waals surface area contributed by atoms with E-state index in [1.54, 1.807) is 79.8 Å². The van der Waals surface area contributed by atoms with Crippen LogP contribution >= 0.6 is 0 Å². The molecule has 3 aliphatic heterocycles. The SMILES string of the molecule is C/C=C(/C)C(=O)O[C@@H]1C[C@H]2C(=C1C)[C@@H]1OC(=O)[C@@](C)(O)[C@@]1(O)[C@@H](OC(=O)CCOCCOCCOCCOCCn1cc(COCCOCCOCCOCCNC(=O)CCOCCOCCOCCOCCn3cc(COc4ccc(C5=C6C=CC=[N+]6[B-](F)(F)n6cccc65)cc4)nn3)nn1)C[C@]2(C)OC(C)=O. The van der Waals surface area contributed by atoms with Crippen LogP contribution in [0.25, 0.3) is 5.57 Å². The number of aromatic nitrogens is 7. The van der Waals surface area contributed by atoms with E-state index in [0.29, 0.717) is 184 Å². The molecule has 7 atom stereocenters. The molecule has 36 heteroatoms. The zero-order chi connectivity index (χ0) is 77.7. The molecule has 5 aliphatic rings. The van der Waals surface area contributed by atoms with Crippen LogP contribution in [0.4, 0.5) is 8.63 Å². The van der Waals surface area contributed by atoms with Crippen molar-refractivity contribution in [3.05, 3.63) is 118 Å². The highest BCUT2D eigenvalue weighted by molar-refractivity contribution is 6.57. The van der Waals surface area contributed by atoms with E-state index in [1.165, 1.54) is 19.3 Å². The van der Waals surface area contributed by atoms with E-state index in [4.69, 9.17) is 80.5 Å². The highest BCUT2D eigenvalue weighted by Gasteiger charge is 2.74. The molecule has 1 saturated carbocycles. The zero-order valence-corrected chi connectivity index (χ0v) is 62.7. The number of hydrogen-bond donors (Lipinski definition) is 3. The number of rotatable bonds is 52. The summed E-state index contributed by atoms with van der Waals surface area (Å²) >= 11 is 0. The Bertz CT molecular complexity index is 3770. The van der Waals surface area contributed by atoms with Crippen LogP contribution in [0, 0.1) is 5.92 Å². The van der Waals surface area contributed by atoms with Crippen molar-refractivity contribution < 1.29 is 128 Å². The van der Waals surface area contributed by atoms with Gasteiger partial charge in [0.25, 0.3) is 0 Å². The fourth-order valence-electron chi connectivity index (χ4n) is 13.0. The number of amides is 1. The van der Waals surface area contributed by atoms with Gasteiger partial charge in [-0.25, -0.2) is 19.0 Å². The van der Waals surface area contributed by atoms with Crippen molar-refractivity contribution in [3.8, 4) is 5.75 Å². The molecule has 3 N–H and O–H groups in total. The standard InChI is InChI=1S/C73H102BF2N9O24/c1-7-52(2)69(89)106-62-46-59-66(53(62)3)68-73(92,72(6,91)70(90)108-68)63(47-71(59,5)109-54(4)86)107-65(88)17-24-94-29-34-99-39-41-102-36-31-96-26-21-82-48-56(78-80-82)50-104-45-44-103-43-42-100-35-30-95-25-18-77-64(87)16-23-93-28-33-98-38-40-101-37-32-97-27-22-83-49-57(79-81-83)51-105-58-14-12-55(13-15-58)67-60-10-8-19-84(60)74(75,76)85-20-9-11-61(67)85/h7-15,19-20,48-49,59,62-63,68,91-92H,16-18,21-47,50-51H2,1-6H3,(H,77,87)/b52-7-/t59-,62+,63-,68-,71-,72+,73+/m0/s1. The maximum atomic E-state index is 15.1. The molecule has 0 spiro atoms. The largest absolute Gasteiger partial charge is 0.737 e. The molecule has 109 heavy (non-hydrogen) atoms. The second-order valence-electron chi connectivity index (χ2n) is 26.5. The zero-order valence-electron chi connectivity index (χ0n) is 62.7. The maximum absolute atomic E-state index is 15.1. The number of fused-ring (bicyclic) bond motifs is 5. The highest BCUT2D eigenvalue weighted by Crippen LogP contribution is 2.57. The molecule has 0 radical (unpaired) electrons. The summed E-state index contributed by atoms with van der Waals surface area (Å²) in [5, 5.41) is 43.4. The summed E-state index contributed by atoms with van der Waals surface area (Å²) in [6, 6.07) is 10.7. The van der Waals surface area contributed by atoms with Gasteiger partial charge >= 0.3 is 30.8 Å². The summed E-state index contributed by atoms with van der Waals surface area (Å²) in [7, 11) is 0. The van der Waals surface area contributed by atoms with Crippen molar-refractivity contribution in [2.75, 3.05) is 159 Å². The van der Waals surface area contributed by atoms with Crippen LogP contribution in [-0.4, -0.2) is 286 Å². The number of ether oxygens (including phenoxy) is 17. The van der Waals surface area contributed by atoms with Crippen LogP contribution in [-0.2, 0) is 126 Å². The van der Waals surface area contributed by atoms with Crippen LogP contribution in [0.1, 0.15) is 89.9 Å². The van der Waals surface area contributed by atoms with Crippen LogP contribution in [0.3, 0.4) is 0 Å². The van der Waals surface area contributed by atoms with Crippen LogP contribution < -0.4 is 10.1 Å². The average molecular weight is 1540 g/mol. The van der Waals surface area contributed by atoms with E-state index in [1.807, 2.05) is 24.3 Å². The minimum atomic E-state index is -3.96. The summed E-state index contributed by atoms with van der Waals surface area (Å²) in [5.74, 6) is -3.50. The number of carbonyl (C=O) groups is 5. The summed E-state index contributed by atoms with van der Waals surface area (Å²) < 4.78 is 132. The average Bonchev–Trinajstić information content (AvgIpc) is 1.54. The van der Waals surface area contributed by atoms with Gasteiger partial charge in [0.15, 0.2) is 23.0 Å². The molecule has 1 amide bonds. The Hall–Kier alpha value is -8.08. The predicted molar refractivity (Wildman–Crippen MR) is 381 cm³/mol.